The van der Waals surface area contributed by atoms with Gasteiger partial charge in [0.25, 0.3) is 0 Å². The summed E-state index contributed by atoms with van der Waals surface area (Å²) in [6, 6.07) is 77.3. The van der Waals surface area contributed by atoms with Gasteiger partial charge in [0.1, 0.15) is 11.2 Å². The number of hydrogen-bond acceptors (Lipinski definition) is 4. The number of rotatable bonds is 6. The van der Waals surface area contributed by atoms with Crippen LogP contribution in [0, 0.1) is 0 Å². The molecule has 0 saturated carbocycles. The molecule has 290 valence electrons. The van der Waals surface area contributed by atoms with E-state index >= 15 is 0 Å². The number of furan rings is 1. The predicted molar refractivity (Wildman–Crippen MR) is 268 cm³/mol. The molecular formula is C58H35NOS2. The number of fused-ring (bicyclic) bond motifs is 11. The van der Waals surface area contributed by atoms with Crippen LogP contribution in [0.2, 0.25) is 0 Å². The highest BCUT2D eigenvalue weighted by molar-refractivity contribution is 7.27. The van der Waals surface area contributed by atoms with Crippen LogP contribution < -0.4 is 4.90 Å². The summed E-state index contributed by atoms with van der Waals surface area (Å²) in [5, 5.41) is 9.97. The van der Waals surface area contributed by atoms with E-state index in [0.717, 1.165) is 28.1 Å². The van der Waals surface area contributed by atoms with Crippen molar-refractivity contribution in [2.24, 2.45) is 0 Å². The van der Waals surface area contributed by atoms with Gasteiger partial charge in [0, 0.05) is 57.8 Å². The number of hydrogen-bond donors (Lipinski definition) is 0. The molecule has 62 heavy (non-hydrogen) atoms. The molecule has 0 saturated heterocycles. The van der Waals surface area contributed by atoms with Gasteiger partial charge < -0.3 is 9.32 Å². The normalized spacial score (nSPS) is 11.9. The van der Waals surface area contributed by atoms with Gasteiger partial charge in [-0.25, -0.2) is 0 Å². The second-order valence-corrected chi connectivity index (χ2v) is 18.1. The van der Waals surface area contributed by atoms with E-state index in [1.54, 1.807) is 0 Å². The van der Waals surface area contributed by atoms with Crippen molar-refractivity contribution in [1.29, 1.82) is 0 Å². The van der Waals surface area contributed by atoms with Crippen molar-refractivity contribution >= 4 is 113 Å². The topological polar surface area (TPSA) is 16.4 Å². The molecule has 0 aliphatic rings. The lowest BCUT2D eigenvalue weighted by atomic mass is 9.97. The van der Waals surface area contributed by atoms with Crippen molar-refractivity contribution in [1.82, 2.24) is 0 Å². The summed E-state index contributed by atoms with van der Waals surface area (Å²) in [5.74, 6) is 0. The highest BCUT2D eigenvalue weighted by atomic mass is 32.1. The van der Waals surface area contributed by atoms with E-state index in [2.05, 4.69) is 217 Å². The van der Waals surface area contributed by atoms with Crippen LogP contribution in [0.4, 0.5) is 17.1 Å². The van der Waals surface area contributed by atoms with Gasteiger partial charge >= 0.3 is 0 Å². The zero-order chi connectivity index (χ0) is 40.7. The van der Waals surface area contributed by atoms with E-state index in [-0.39, 0.29) is 0 Å². The standard InChI is InChI=1S/C58H35NOS2/c1-2-10-36(11-3-1)40-22-20-38-21-23-41(35-42(38)34-40)37-24-28-43(29-25-37)59(50-16-8-15-48-46-12-4-6-18-53(46)61-57(48)50)44-30-26-39(27-31-44)45-14-9-17-51-55(45)56-52(60-51)33-32-49-47-13-5-7-19-54(47)62-58(49)56/h1-35H. The van der Waals surface area contributed by atoms with Gasteiger partial charge in [-0.05, 0) is 117 Å². The molecular weight excluding hydrogens is 791 g/mol. The first-order chi connectivity index (χ1) is 30.7. The highest BCUT2D eigenvalue weighted by Gasteiger charge is 2.21. The molecule has 4 heteroatoms. The van der Waals surface area contributed by atoms with Crippen molar-refractivity contribution in [3.05, 3.63) is 212 Å². The van der Waals surface area contributed by atoms with Crippen LogP contribution in [0.1, 0.15) is 0 Å². The molecule has 0 bridgehead atoms. The fourth-order valence-electron chi connectivity index (χ4n) is 9.49. The molecule has 0 radical (unpaired) electrons. The van der Waals surface area contributed by atoms with Crippen molar-refractivity contribution in [3.63, 3.8) is 0 Å². The van der Waals surface area contributed by atoms with Crippen LogP contribution in [0.15, 0.2) is 217 Å². The Morgan fingerprint density at radius 2 is 0.887 bits per heavy atom. The Morgan fingerprint density at radius 1 is 0.339 bits per heavy atom. The lowest BCUT2D eigenvalue weighted by Gasteiger charge is -2.26. The maximum Gasteiger partial charge on any atom is 0.136 e. The van der Waals surface area contributed by atoms with Crippen molar-refractivity contribution in [2.75, 3.05) is 4.90 Å². The summed E-state index contributed by atoms with van der Waals surface area (Å²) in [7, 11) is 0. The summed E-state index contributed by atoms with van der Waals surface area (Å²) in [5.41, 5.74) is 12.4. The predicted octanol–water partition coefficient (Wildman–Crippen LogP) is 17.9. The van der Waals surface area contributed by atoms with Crippen molar-refractivity contribution in [3.8, 4) is 33.4 Å². The van der Waals surface area contributed by atoms with Crippen LogP contribution in [-0.4, -0.2) is 0 Å². The number of thiophene rings is 2. The maximum absolute atomic E-state index is 6.55. The molecule has 0 N–H and O–H groups in total. The lowest BCUT2D eigenvalue weighted by Crippen LogP contribution is -2.10. The van der Waals surface area contributed by atoms with E-state index < -0.39 is 0 Å². The first-order valence-corrected chi connectivity index (χ1v) is 22.6. The van der Waals surface area contributed by atoms with E-state index in [4.69, 9.17) is 4.42 Å². The molecule has 0 aliphatic carbocycles. The van der Waals surface area contributed by atoms with Crippen LogP contribution in [0.5, 0.6) is 0 Å². The molecule has 3 aromatic heterocycles. The fraction of sp³-hybridized carbons (Fsp3) is 0. The van der Waals surface area contributed by atoms with Gasteiger partial charge in [-0.1, -0.05) is 140 Å². The minimum absolute atomic E-state index is 0.910. The van der Waals surface area contributed by atoms with E-state index in [9.17, 15) is 0 Å². The van der Waals surface area contributed by atoms with Gasteiger partial charge in [-0.3, -0.25) is 0 Å². The molecule has 13 rings (SSSR count). The zero-order valence-electron chi connectivity index (χ0n) is 33.4. The van der Waals surface area contributed by atoms with Crippen LogP contribution >= 0.6 is 22.7 Å². The number of benzene rings is 10. The summed E-state index contributed by atoms with van der Waals surface area (Å²) in [6.07, 6.45) is 0. The fourth-order valence-corrected chi connectivity index (χ4v) is 11.9. The second kappa shape index (κ2) is 14.0. The summed E-state index contributed by atoms with van der Waals surface area (Å²) < 4.78 is 11.7. The molecule has 0 unspecified atom stereocenters. The summed E-state index contributed by atoms with van der Waals surface area (Å²) >= 11 is 3.71. The molecule has 2 nitrogen and oxygen atoms in total. The Kier molecular flexibility index (Phi) is 7.99. The highest BCUT2D eigenvalue weighted by Crippen LogP contribution is 2.48. The van der Waals surface area contributed by atoms with Gasteiger partial charge in [0.15, 0.2) is 0 Å². The van der Waals surface area contributed by atoms with Gasteiger partial charge in [0.2, 0.25) is 0 Å². The molecule has 13 aromatic rings. The molecule has 0 atom stereocenters. The lowest BCUT2D eigenvalue weighted by molar-refractivity contribution is 0.669. The molecule has 0 aliphatic heterocycles. The van der Waals surface area contributed by atoms with Crippen molar-refractivity contribution < 1.29 is 4.42 Å². The van der Waals surface area contributed by atoms with Gasteiger partial charge in [-0.2, -0.15) is 0 Å². The van der Waals surface area contributed by atoms with E-state index in [0.29, 0.717) is 0 Å². The maximum atomic E-state index is 6.55. The number of nitrogens with zero attached hydrogens (tertiary/aromatic N) is 1. The average molecular weight is 826 g/mol. The third-order valence-corrected chi connectivity index (χ3v) is 14.9. The van der Waals surface area contributed by atoms with Crippen LogP contribution in [-0.2, 0) is 0 Å². The Morgan fingerprint density at radius 3 is 1.60 bits per heavy atom. The first kappa shape index (κ1) is 35.3. The molecule has 10 aromatic carbocycles. The molecule has 0 amide bonds. The third-order valence-electron chi connectivity index (χ3n) is 12.5. The second-order valence-electron chi connectivity index (χ2n) is 16.0. The SMILES string of the molecule is c1ccc(-c2ccc3ccc(-c4ccc(N(c5ccc(-c6cccc7oc8ccc9c%10ccccc%10sc9c8c67)cc5)c5cccc6c5sc5ccccc56)cc4)cc3c2)cc1. The monoisotopic (exact) mass is 825 g/mol. The number of anilines is 3. The summed E-state index contributed by atoms with van der Waals surface area (Å²) in [4.78, 5) is 2.42. The van der Waals surface area contributed by atoms with Gasteiger partial charge in [-0.15, -0.1) is 22.7 Å². The molecule has 0 fully saturated rings. The van der Waals surface area contributed by atoms with Crippen molar-refractivity contribution in [2.45, 2.75) is 0 Å². The largest absolute Gasteiger partial charge is 0.456 e. The summed E-state index contributed by atoms with van der Waals surface area (Å²) in [6.45, 7) is 0. The Hall–Kier alpha value is -7.50. The molecule has 0 spiro atoms. The minimum atomic E-state index is 0.910. The smallest absolute Gasteiger partial charge is 0.136 e. The van der Waals surface area contributed by atoms with Crippen LogP contribution in [0.3, 0.4) is 0 Å². The zero-order valence-corrected chi connectivity index (χ0v) is 35.0. The molecule has 3 heterocycles. The third kappa shape index (κ3) is 5.61. The quantitative estimate of drug-likeness (QED) is 0.166. The van der Waals surface area contributed by atoms with Crippen LogP contribution in [0.25, 0.3) is 106 Å². The van der Waals surface area contributed by atoms with E-state index in [1.165, 1.54) is 95.4 Å². The Labute approximate surface area is 365 Å². The first-order valence-electron chi connectivity index (χ1n) is 21.0. The van der Waals surface area contributed by atoms with E-state index in [1.807, 2.05) is 22.7 Å². The Balaban J connectivity index is 0.934. The minimum Gasteiger partial charge on any atom is -0.456 e. The average Bonchev–Trinajstić information content (AvgIpc) is 4.04. The Bertz CT molecular complexity index is 3860. The van der Waals surface area contributed by atoms with Gasteiger partial charge in [0.05, 0.1) is 10.4 Å².